The van der Waals surface area contributed by atoms with E-state index in [1.165, 1.54) is 33.4 Å². The Kier molecular flexibility index (Phi) is 21.7. The Labute approximate surface area is 589 Å². The molecule has 0 amide bonds. The van der Waals surface area contributed by atoms with Crippen LogP contribution in [0.15, 0.2) is 364 Å². The zero-order valence-electron chi connectivity index (χ0n) is 56.1. The SMILES string of the molecule is COc1cccc(N(c2ccc(/C=C/c3ccc(/C=C/C=C(c4ccccc4)c4ccccc4)cc3)cc2)c2ccc(/C=C/c3ccc(/C=C/c4ccc(N(c5ccc(/C=C/c6ccc(/C=C/C=C(c7ccccc7)c7ccccc7)cc6)cc5)c5cccc(OC)c5)cc4)cc3)cc2)c1. The lowest BCUT2D eigenvalue weighted by molar-refractivity contribution is 0.415. The van der Waals surface area contributed by atoms with Gasteiger partial charge in [-0.15, -0.1) is 0 Å². The second kappa shape index (κ2) is 33.1. The molecule has 4 nitrogen and oxygen atoms in total. The first-order chi connectivity index (χ1) is 49.4. The first kappa shape index (κ1) is 65.6. The average Bonchev–Trinajstić information content (AvgIpc) is 0.863. The lowest BCUT2D eigenvalue weighted by atomic mass is 9.97. The van der Waals surface area contributed by atoms with E-state index in [2.05, 4.69) is 410 Å². The summed E-state index contributed by atoms with van der Waals surface area (Å²) in [5, 5.41) is 0. The predicted octanol–water partition coefficient (Wildman–Crippen LogP) is 25.6. The lowest BCUT2D eigenvalue weighted by Crippen LogP contribution is -2.10. The Morgan fingerprint density at radius 3 is 0.640 bits per heavy atom. The van der Waals surface area contributed by atoms with Crippen molar-refractivity contribution in [2.24, 2.45) is 0 Å². The number of ether oxygens (including phenoxy) is 2. The van der Waals surface area contributed by atoms with Crippen molar-refractivity contribution in [3.63, 3.8) is 0 Å². The van der Waals surface area contributed by atoms with Gasteiger partial charge in [0.2, 0.25) is 0 Å². The largest absolute Gasteiger partial charge is 0.497 e. The molecular formula is C96H76N2O2. The van der Waals surface area contributed by atoms with Gasteiger partial charge in [0.15, 0.2) is 0 Å². The Bertz CT molecular complexity index is 4620. The molecule has 0 N–H and O–H groups in total. The van der Waals surface area contributed by atoms with E-state index in [0.29, 0.717) is 0 Å². The van der Waals surface area contributed by atoms with Gasteiger partial charge in [-0.2, -0.15) is 0 Å². The molecule has 0 radical (unpaired) electrons. The monoisotopic (exact) mass is 1290 g/mol. The van der Waals surface area contributed by atoms with Crippen LogP contribution in [0.5, 0.6) is 11.5 Å². The molecule has 0 atom stereocenters. The number of nitrogens with zero attached hydrogens (tertiary/aromatic N) is 2. The number of anilines is 6. The third-order valence-corrected chi connectivity index (χ3v) is 17.4. The van der Waals surface area contributed by atoms with Gasteiger partial charge in [-0.25, -0.2) is 0 Å². The van der Waals surface area contributed by atoms with E-state index in [4.69, 9.17) is 9.47 Å². The van der Waals surface area contributed by atoms with Gasteiger partial charge in [0.1, 0.15) is 11.5 Å². The van der Waals surface area contributed by atoms with Crippen LogP contribution in [0.2, 0.25) is 0 Å². The summed E-state index contributed by atoms with van der Waals surface area (Å²) < 4.78 is 11.4. The summed E-state index contributed by atoms with van der Waals surface area (Å²) in [4.78, 5) is 4.52. The first-order valence-corrected chi connectivity index (χ1v) is 33.7. The molecule has 13 aromatic carbocycles. The van der Waals surface area contributed by atoms with E-state index in [1.807, 2.05) is 24.3 Å². The molecule has 100 heavy (non-hydrogen) atoms. The summed E-state index contributed by atoms with van der Waals surface area (Å²) in [6.45, 7) is 0. The minimum Gasteiger partial charge on any atom is -0.497 e. The molecule has 0 heterocycles. The molecule has 4 heteroatoms. The second-order valence-corrected chi connectivity index (χ2v) is 24.1. The summed E-state index contributed by atoms with van der Waals surface area (Å²) in [5.41, 5.74) is 24.5. The number of rotatable bonds is 24. The fourth-order valence-corrected chi connectivity index (χ4v) is 12.0. The van der Waals surface area contributed by atoms with Gasteiger partial charge < -0.3 is 19.3 Å². The smallest absolute Gasteiger partial charge is 0.120 e. The molecular weight excluding hydrogens is 1210 g/mol. The minimum absolute atomic E-state index is 0.797. The van der Waals surface area contributed by atoms with Crippen LogP contribution in [0.4, 0.5) is 34.1 Å². The van der Waals surface area contributed by atoms with Crippen molar-refractivity contribution >= 4 is 106 Å². The highest BCUT2D eigenvalue weighted by Crippen LogP contribution is 2.39. The van der Waals surface area contributed by atoms with Crippen molar-refractivity contribution in [1.82, 2.24) is 0 Å². The van der Waals surface area contributed by atoms with Crippen LogP contribution in [-0.2, 0) is 0 Å². The molecule has 0 unspecified atom stereocenters. The van der Waals surface area contributed by atoms with E-state index in [0.717, 1.165) is 101 Å². The fraction of sp³-hybridized carbons (Fsp3) is 0.0208. The van der Waals surface area contributed by atoms with Gasteiger partial charge in [-0.1, -0.05) is 340 Å². The van der Waals surface area contributed by atoms with Crippen LogP contribution in [0.1, 0.15) is 77.9 Å². The quantitative estimate of drug-likeness (QED) is 0.0445. The Balaban J connectivity index is 0.629. The minimum atomic E-state index is 0.797. The first-order valence-electron chi connectivity index (χ1n) is 33.7. The van der Waals surface area contributed by atoms with E-state index < -0.39 is 0 Å². The number of benzene rings is 13. The number of hydrogen-bond donors (Lipinski definition) is 0. The predicted molar refractivity (Wildman–Crippen MR) is 428 cm³/mol. The van der Waals surface area contributed by atoms with Crippen molar-refractivity contribution in [2.75, 3.05) is 24.0 Å². The Morgan fingerprint density at radius 2 is 0.420 bits per heavy atom. The van der Waals surface area contributed by atoms with Crippen LogP contribution in [-0.4, -0.2) is 14.2 Å². The summed E-state index contributed by atoms with van der Waals surface area (Å²) in [6, 6.07) is 119. The van der Waals surface area contributed by atoms with E-state index >= 15 is 0 Å². The molecule has 13 rings (SSSR count). The number of allylic oxidation sites excluding steroid dienone is 4. The summed E-state index contributed by atoms with van der Waals surface area (Å²) >= 11 is 0. The van der Waals surface area contributed by atoms with Gasteiger partial charge in [0.05, 0.1) is 14.2 Å². The fourth-order valence-electron chi connectivity index (χ4n) is 12.0. The highest BCUT2D eigenvalue weighted by molar-refractivity contribution is 5.85. The molecule has 0 saturated carbocycles. The molecule has 0 saturated heterocycles. The molecule has 0 fully saturated rings. The van der Waals surface area contributed by atoms with Crippen LogP contribution in [0.3, 0.4) is 0 Å². The van der Waals surface area contributed by atoms with Gasteiger partial charge >= 0.3 is 0 Å². The van der Waals surface area contributed by atoms with Crippen LogP contribution < -0.4 is 19.3 Å². The zero-order chi connectivity index (χ0) is 67.9. The number of methoxy groups -OCH3 is 2. The van der Waals surface area contributed by atoms with Crippen molar-refractivity contribution in [3.8, 4) is 11.5 Å². The highest BCUT2D eigenvalue weighted by atomic mass is 16.5. The van der Waals surface area contributed by atoms with Crippen molar-refractivity contribution < 1.29 is 9.47 Å². The van der Waals surface area contributed by atoms with Gasteiger partial charge in [-0.3, -0.25) is 0 Å². The molecule has 13 aromatic rings. The highest BCUT2D eigenvalue weighted by Gasteiger charge is 2.16. The molecule has 482 valence electrons. The Morgan fingerprint density at radius 1 is 0.210 bits per heavy atom. The molecule has 0 bridgehead atoms. The number of hydrogen-bond acceptors (Lipinski definition) is 4. The van der Waals surface area contributed by atoms with Crippen LogP contribution >= 0.6 is 0 Å². The molecule has 0 aliphatic rings. The normalized spacial score (nSPS) is 11.5. The van der Waals surface area contributed by atoms with Gasteiger partial charge in [0, 0.05) is 46.3 Å². The second-order valence-electron chi connectivity index (χ2n) is 24.1. The van der Waals surface area contributed by atoms with Crippen molar-refractivity contribution in [1.29, 1.82) is 0 Å². The van der Waals surface area contributed by atoms with E-state index in [-0.39, 0.29) is 0 Å². The van der Waals surface area contributed by atoms with Gasteiger partial charge in [0.25, 0.3) is 0 Å². The molecule has 0 aromatic heterocycles. The van der Waals surface area contributed by atoms with Gasteiger partial charge in [-0.05, 0) is 162 Å². The maximum absolute atomic E-state index is 5.69. The topological polar surface area (TPSA) is 24.9 Å². The Hall–Kier alpha value is -13.0. The lowest BCUT2D eigenvalue weighted by Gasteiger charge is -2.26. The van der Waals surface area contributed by atoms with Crippen molar-refractivity contribution in [2.45, 2.75) is 0 Å². The standard InChI is InChI=1S/C96H76N2O2/c1-99-93-31-17-29-91(71-93)97(87-63-55-79(56-64-87)51-47-75-39-35-73(36-40-75)19-15-33-95(83-21-7-3-8-22-83)84-23-9-4-10-24-84)89-67-59-81(60-68-89)53-49-77-43-45-78(46-44-77)50-54-82-61-69-90(70-62-82)98(92-30-18-32-94(72-92)100-2)88-65-57-80(58-66-88)52-48-76-41-37-74(38-42-76)20-16-34-96(85-25-11-5-12-26-85)86-27-13-6-14-28-86/h3-72H,1-2H3/b19-15+,20-16+,51-47+,52-48+,53-49+,54-50+. The third kappa shape index (κ3) is 17.5. The van der Waals surface area contributed by atoms with Crippen LogP contribution in [0, 0.1) is 0 Å². The summed E-state index contributed by atoms with van der Waals surface area (Å²) in [7, 11) is 3.42. The van der Waals surface area contributed by atoms with Crippen LogP contribution in [0.25, 0.3) is 71.9 Å². The van der Waals surface area contributed by atoms with E-state index in [9.17, 15) is 0 Å². The zero-order valence-corrected chi connectivity index (χ0v) is 56.1. The maximum Gasteiger partial charge on any atom is 0.120 e. The summed E-state index contributed by atoms with van der Waals surface area (Å²) in [6.07, 6.45) is 30.3. The molecule has 0 aliphatic heterocycles. The summed E-state index contributed by atoms with van der Waals surface area (Å²) in [5.74, 6) is 1.59. The van der Waals surface area contributed by atoms with Crippen molar-refractivity contribution in [3.05, 3.63) is 442 Å². The average molecular weight is 1290 g/mol. The molecule has 0 spiro atoms. The molecule has 0 aliphatic carbocycles. The third-order valence-electron chi connectivity index (χ3n) is 17.4. The maximum atomic E-state index is 5.69. The van der Waals surface area contributed by atoms with E-state index in [1.54, 1.807) is 14.2 Å².